The summed E-state index contributed by atoms with van der Waals surface area (Å²) in [5, 5.41) is 12.6. The molecule has 7 N–H and O–H groups in total. The van der Waals surface area contributed by atoms with E-state index in [4.69, 9.17) is 11.5 Å². The Balaban J connectivity index is 2.39. The van der Waals surface area contributed by atoms with E-state index in [1.807, 2.05) is 45.9 Å². The van der Waals surface area contributed by atoms with Crippen molar-refractivity contribution in [3.63, 3.8) is 0 Å². The minimum Gasteiger partial charge on any atom is -0.343 e. The second-order valence-corrected chi connectivity index (χ2v) is 8.44. The van der Waals surface area contributed by atoms with E-state index in [0.717, 1.165) is 11.8 Å². The fourth-order valence-corrected chi connectivity index (χ4v) is 3.54. The summed E-state index contributed by atoms with van der Waals surface area (Å²) in [5.74, 6) is -1.57. The van der Waals surface area contributed by atoms with Gasteiger partial charge in [0.1, 0.15) is 6.04 Å². The topological polar surface area (TPSA) is 152 Å². The number of benzene rings is 1. The molecule has 176 valence electrons. The molecular formula is C23H35N5O4. The smallest absolute Gasteiger partial charge is 0.266 e. The molecule has 0 fully saturated rings. The van der Waals surface area contributed by atoms with Gasteiger partial charge in [0.25, 0.3) is 5.91 Å². The number of hydrogen-bond acceptors (Lipinski definition) is 6. The largest absolute Gasteiger partial charge is 0.343 e. The highest BCUT2D eigenvalue weighted by molar-refractivity contribution is 5.97. The molecule has 0 aliphatic carbocycles. The Morgan fingerprint density at radius 3 is 2.19 bits per heavy atom. The molecule has 0 aliphatic heterocycles. The first-order chi connectivity index (χ1) is 15.2. The van der Waals surface area contributed by atoms with E-state index in [1.54, 1.807) is 17.7 Å². The zero-order chi connectivity index (χ0) is 24.0. The van der Waals surface area contributed by atoms with E-state index in [1.165, 1.54) is 4.57 Å². The first-order valence-corrected chi connectivity index (χ1v) is 11.0. The van der Waals surface area contributed by atoms with Crippen LogP contribution in [0.2, 0.25) is 0 Å². The second kappa shape index (κ2) is 11.2. The summed E-state index contributed by atoms with van der Waals surface area (Å²) >= 11 is 0. The number of carbonyl (C=O) groups excluding carboxylic acids is 3. The van der Waals surface area contributed by atoms with Crippen molar-refractivity contribution >= 4 is 28.6 Å². The zero-order valence-electron chi connectivity index (χ0n) is 19.2. The lowest BCUT2D eigenvalue weighted by molar-refractivity contribution is -0.135. The maximum absolute atomic E-state index is 13.1. The SMILES string of the molecule is CC[C@H](C)[C@H](N)C(=O)N[C@@H](Cc1cn(C(=O)[C@@H](N)[C@@H](C)CC)c2ccccc12)C(=O)NO. The van der Waals surface area contributed by atoms with Gasteiger partial charge in [-0.15, -0.1) is 0 Å². The highest BCUT2D eigenvalue weighted by Crippen LogP contribution is 2.24. The van der Waals surface area contributed by atoms with Gasteiger partial charge >= 0.3 is 0 Å². The summed E-state index contributed by atoms with van der Waals surface area (Å²) in [6.07, 6.45) is 3.18. The normalized spacial score (nSPS) is 16.1. The molecule has 0 spiro atoms. The summed E-state index contributed by atoms with van der Waals surface area (Å²) in [5.41, 5.74) is 15.1. The van der Waals surface area contributed by atoms with Crippen molar-refractivity contribution in [2.45, 2.75) is 65.1 Å². The van der Waals surface area contributed by atoms with Gasteiger partial charge in [-0.25, -0.2) is 5.48 Å². The number of carbonyl (C=O) groups is 3. The first-order valence-electron chi connectivity index (χ1n) is 11.0. The molecular weight excluding hydrogens is 410 g/mol. The highest BCUT2D eigenvalue weighted by Gasteiger charge is 2.28. The van der Waals surface area contributed by atoms with Gasteiger partial charge < -0.3 is 16.8 Å². The third-order valence-corrected chi connectivity index (χ3v) is 6.30. The van der Waals surface area contributed by atoms with Crippen molar-refractivity contribution < 1.29 is 19.6 Å². The van der Waals surface area contributed by atoms with Gasteiger partial charge in [0.2, 0.25) is 11.8 Å². The fraction of sp³-hybridized carbons (Fsp3) is 0.522. The lowest BCUT2D eigenvalue weighted by Gasteiger charge is -2.22. The van der Waals surface area contributed by atoms with Crippen LogP contribution < -0.4 is 22.3 Å². The van der Waals surface area contributed by atoms with Crippen LogP contribution in [0.1, 0.15) is 50.9 Å². The summed E-state index contributed by atoms with van der Waals surface area (Å²) in [6.45, 7) is 7.67. The second-order valence-electron chi connectivity index (χ2n) is 8.44. The van der Waals surface area contributed by atoms with Crippen LogP contribution >= 0.6 is 0 Å². The van der Waals surface area contributed by atoms with Crippen molar-refractivity contribution in [2.75, 3.05) is 0 Å². The maximum Gasteiger partial charge on any atom is 0.266 e. The molecule has 2 aromatic rings. The number of amides is 2. The Bertz CT molecular complexity index is 957. The van der Waals surface area contributed by atoms with Crippen molar-refractivity contribution in [2.24, 2.45) is 23.3 Å². The van der Waals surface area contributed by atoms with Crippen LogP contribution in [0.4, 0.5) is 0 Å². The van der Waals surface area contributed by atoms with Gasteiger partial charge in [-0.2, -0.15) is 0 Å². The molecule has 0 radical (unpaired) electrons. The Labute approximate surface area is 188 Å². The number of nitrogens with zero attached hydrogens (tertiary/aromatic N) is 1. The number of nitrogens with two attached hydrogens (primary N) is 2. The summed E-state index contributed by atoms with van der Waals surface area (Å²) < 4.78 is 1.50. The molecule has 0 unspecified atom stereocenters. The molecule has 9 nitrogen and oxygen atoms in total. The lowest BCUT2D eigenvalue weighted by atomic mass is 9.98. The van der Waals surface area contributed by atoms with Crippen molar-refractivity contribution in [1.82, 2.24) is 15.4 Å². The predicted octanol–water partition coefficient (Wildman–Crippen LogP) is 1.56. The minimum absolute atomic E-state index is 0.00126. The quantitative estimate of drug-likeness (QED) is 0.276. The van der Waals surface area contributed by atoms with Crippen molar-refractivity contribution in [1.29, 1.82) is 0 Å². The molecule has 5 atom stereocenters. The number of rotatable bonds is 10. The van der Waals surface area contributed by atoms with Gasteiger partial charge in [0.15, 0.2) is 0 Å². The first kappa shape index (κ1) is 25.5. The number of fused-ring (bicyclic) bond motifs is 1. The highest BCUT2D eigenvalue weighted by atomic mass is 16.5. The number of hydrogen-bond donors (Lipinski definition) is 5. The number of aromatic nitrogens is 1. The molecule has 9 heteroatoms. The predicted molar refractivity (Wildman–Crippen MR) is 123 cm³/mol. The van der Waals surface area contributed by atoms with E-state index in [0.29, 0.717) is 17.5 Å². The third-order valence-electron chi connectivity index (χ3n) is 6.30. The molecule has 0 aliphatic rings. The third kappa shape index (κ3) is 5.53. The average Bonchev–Trinajstić information content (AvgIpc) is 3.18. The molecule has 2 rings (SSSR count). The van der Waals surface area contributed by atoms with Gasteiger partial charge in [-0.05, 0) is 23.5 Å². The molecule has 1 heterocycles. The summed E-state index contributed by atoms with van der Waals surface area (Å²) in [6, 6.07) is 4.75. The molecule has 0 saturated carbocycles. The number of para-hydroxylation sites is 1. The Morgan fingerprint density at radius 1 is 1.00 bits per heavy atom. The van der Waals surface area contributed by atoms with E-state index in [2.05, 4.69) is 5.32 Å². The van der Waals surface area contributed by atoms with Crippen LogP contribution in [0.5, 0.6) is 0 Å². The molecule has 0 bridgehead atoms. The molecule has 2 amide bonds. The van der Waals surface area contributed by atoms with E-state index < -0.39 is 29.9 Å². The zero-order valence-corrected chi connectivity index (χ0v) is 19.2. The molecule has 1 aromatic heterocycles. The van der Waals surface area contributed by atoms with Crippen molar-refractivity contribution in [3.05, 3.63) is 36.0 Å². The monoisotopic (exact) mass is 445 g/mol. The maximum atomic E-state index is 13.1. The van der Waals surface area contributed by atoms with E-state index in [-0.39, 0.29) is 24.2 Å². The van der Waals surface area contributed by atoms with Gasteiger partial charge in [-0.1, -0.05) is 58.7 Å². The van der Waals surface area contributed by atoms with E-state index in [9.17, 15) is 19.6 Å². The van der Waals surface area contributed by atoms with Gasteiger partial charge in [0.05, 0.1) is 17.6 Å². The lowest BCUT2D eigenvalue weighted by Crippen LogP contribution is -2.53. The van der Waals surface area contributed by atoms with Crippen LogP contribution in [0.25, 0.3) is 10.9 Å². The molecule has 32 heavy (non-hydrogen) atoms. The number of nitrogens with one attached hydrogen (secondary N) is 2. The van der Waals surface area contributed by atoms with E-state index >= 15 is 0 Å². The van der Waals surface area contributed by atoms with Gasteiger partial charge in [0, 0.05) is 18.0 Å². The number of hydroxylamine groups is 1. The fourth-order valence-electron chi connectivity index (χ4n) is 3.54. The standard InChI is InChI=1S/C23H35N5O4/c1-5-13(3)19(24)22(30)26-17(21(29)27-32)11-15-12-28(18-10-8-7-9-16(15)18)23(31)20(25)14(4)6-2/h7-10,12-14,17,19-20,32H,5-6,11,24-25H2,1-4H3,(H,26,30)(H,27,29)/t13-,14-,17-,19-,20-/m0/s1. The Kier molecular flexibility index (Phi) is 8.94. The Hall–Kier alpha value is -2.75. The van der Waals surface area contributed by atoms with Crippen LogP contribution in [0, 0.1) is 11.8 Å². The van der Waals surface area contributed by atoms with Crippen molar-refractivity contribution in [3.8, 4) is 0 Å². The molecule has 0 saturated heterocycles. The van der Waals surface area contributed by atoms with Crippen LogP contribution in [0.15, 0.2) is 30.5 Å². The summed E-state index contributed by atoms with van der Waals surface area (Å²) in [7, 11) is 0. The van der Waals surface area contributed by atoms with Crippen LogP contribution in [0.3, 0.4) is 0 Å². The average molecular weight is 446 g/mol. The Morgan fingerprint density at radius 2 is 1.59 bits per heavy atom. The van der Waals surface area contributed by atoms with Crippen LogP contribution in [-0.4, -0.2) is 45.6 Å². The van der Waals surface area contributed by atoms with Gasteiger partial charge in [-0.3, -0.25) is 24.2 Å². The molecule has 1 aromatic carbocycles. The van der Waals surface area contributed by atoms with Crippen LogP contribution in [-0.2, 0) is 16.0 Å². The summed E-state index contributed by atoms with van der Waals surface area (Å²) in [4.78, 5) is 37.9. The minimum atomic E-state index is -1.07.